The Bertz CT molecular complexity index is 518. The minimum atomic E-state index is 0.0414. The standard InChI is InChI=1S/C16H23ClN2/c1-6-19-15-8-14(17)12(10-18-5)7-13(15)11(2)9-16(19,3)4/h7-9,18H,6,10H2,1-5H3. The highest BCUT2D eigenvalue weighted by Gasteiger charge is 2.30. The van der Waals surface area contributed by atoms with Crippen LogP contribution in [-0.4, -0.2) is 19.1 Å². The quantitative estimate of drug-likeness (QED) is 0.896. The summed E-state index contributed by atoms with van der Waals surface area (Å²) in [7, 11) is 1.94. The fourth-order valence-electron chi connectivity index (χ4n) is 3.05. The number of fused-ring (bicyclic) bond motifs is 1. The number of allylic oxidation sites excluding steroid dienone is 1. The van der Waals surface area contributed by atoms with Crippen LogP contribution in [-0.2, 0) is 6.54 Å². The van der Waals surface area contributed by atoms with Gasteiger partial charge in [-0.2, -0.15) is 0 Å². The molecular weight excluding hydrogens is 256 g/mol. The molecule has 0 radical (unpaired) electrons. The highest BCUT2D eigenvalue weighted by Crippen LogP contribution is 2.41. The number of anilines is 1. The van der Waals surface area contributed by atoms with Gasteiger partial charge in [0.1, 0.15) is 0 Å². The number of halogens is 1. The van der Waals surface area contributed by atoms with Crippen LogP contribution < -0.4 is 10.2 Å². The smallest absolute Gasteiger partial charge is 0.0534 e. The third-order valence-electron chi connectivity index (χ3n) is 3.83. The van der Waals surface area contributed by atoms with Gasteiger partial charge in [0, 0.05) is 29.4 Å². The van der Waals surface area contributed by atoms with Crippen LogP contribution in [0, 0.1) is 0 Å². The summed E-state index contributed by atoms with van der Waals surface area (Å²) in [6.45, 7) is 10.6. The van der Waals surface area contributed by atoms with Crippen molar-refractivity contribution < 1.29 is 0 Å². The number of hydrogen-bond donors (Lipinski definition) is 1. The van der Waals surface area contributed by atoms with E-state index in [1.165, 1.54) is 16.8 Å². The summed E-state index contributed by atoms with van der Waals surface area (Å²) >= 11 is 6.42. The average Bonchev–Trinajstić information content (AvgIpc) is 2.31. The van der Waals surface area contributed by atoms with Gasteiger partial charge in [-0.1, -0.05) is 17.7 Å². The van der Waals surface area contributed by atoms with Crippen LogP contribution in [0.2, 0.25) is 5.02 Å². The Labute approximate surface area is 121 Å². The second kappa shape index (κ2) is 5.18. The van der Waals surface area contributed by atoms with Crippen molar-refractivity contribution in [3.05, 3.63) is 34.4 Å². The van der Waals surface area contributed by atoms with Crippen molar-refractivity contribution in [2.45, 2.75) is 39.8 Å². The van der Waals surface area contributed by atoms with Crippen molar-refractivity contribution in [1.29, 1.82) is 0 Å². The lowest BCUT2D eigenvalue weighted by atomic mass is 9.88. The molecule has 1 N–H and O–H groups in total. The SMILES string of the molecule is CCN1c2cc(Cl)c(CNC)cc2C(C)=CC1(C)C. The molecule has 0 atom stereocenters. The van der Waals surface area contributed by atoms with E-state index in [2.05, 4.69) is 56.1 Å². The summed E-state index contributed by atoms with van der Waals surface area (Å²) in [5.74, 6) is 0. The molecule has 1 aliphatic rings. The second-order valence-corrected chi connectivity index (χ2v) is 6.12. The van der Waals surface area contributed by atoms with Gasteiger partial charge >= 0.3 is 0 Å². The predicted octanol–water partition coefficient (Wildman–Crippen LogP) is 4.08. The molecule has 0 unspecified atom stereocenters. The number of rotatable bonds is 3. The molecule has 0 aliphatic carbocycles. The maximum Gasteiger partial charge on any atom is 0.0534 e. The maximum atomic E-state index is 6.42. The molecule has 0 fully saturated rings. The Kier molecular flexibility index (Phi) is 3.93. The molecule has 1 aromatic carbocycles. The number of benzene rings is 1. The first-order valence-electron chi connectivity index (χ1n) is 6.85. The van der Waals surface area contributed by atoms with Crippen molar-refractivity contribution in [1.82, 2.24) is 5.32 Å². The van der Waals surface area contributed by atoms with Crippen molar-refractivity contribution in [3.63, 3.8) is 0 Å². The largest absolute Gasteiger partial charge is 0.363 e. The molecule has 0 bridgehead atoms. The van der Waals surface area contributed by atoms with Gasteiger partial charge in [0.15, 0.2) is 0 Å². The van der Waals surface area contributed by atoms with E-state index in [0.29, 0.717) is 0 Å². The van der Waals surface area contributed by atoms with E-state index in [0.717, 1.165) is 23.7 Å². The molecule has 0 amide bonds. The lowest BCUT2D eigenvalue weighted by Gasteiger charge is -2.43. The molecule has 0 aromatic heterocycles. The molecule has 2 rings (SSSR count). The molecule has 3 heteroatoms. The number of nitrogens with one attached hydrogen (secondary N) is 1. The van der Waals surface area contributed by atoms with Gasteiger partial charge in [-0.05, 0) is 58.0 Å². The van der Waals surface area contributed by atoms with E-state index in [4.69, 9.17) is 11.6 Å². The van der Waals surface area contributed by atoms with Crippen LogP contribution in [0.1, 0.15) is 38.8 Å². The Hall–Kier alpha value is -0.990. The summed E-state index contributed by atoms with van der Waals surface area (Å²) in [6.07, 6.45) is 2.34. The normalized spacial score (nSPS) is 17.2. The van der Waals surface area contributed by atoms with Crippen LogP contribution in [0.5, 0.6) is 0 Å². The molecule has 1 heterocycles. The average molecular weight is 279 g/mol. The van der Waals surface area contributed by atoms with E-state index < -0.39 is 0 Å². The minimum Gasteiger partial charge on any atom is -0.363 e. The van der Waals surface area contributed by atoms with Gasteiger partial charge in [0.05, 0.1) is 5.54 Å². The van der Waals surface area contributed by atoms with Crippen LogP contribution in [0.25, 0.3) is 5.57 Å². The summed E-state index contributed by atoms with van der Waals surface area (Å²) < 4.78 is 0. The van der Waals surface area contributed by atoms with Gasteiger partial charge in [-0.25, -0.2) is 0 Å². The lowest BCUT2D eigenvalue weighted by Crippen LogP contribution is -2.44. The zero-order valence-corrected chi connectivity index (χ0v) is 13.2. The zero-order chi connectivity index (χ0) is 14.2. The highest BCUT2D eigenvalue weighted by molar-refractivity contribution is 6.31. The highest BCUT2D eigenvalue weighted by atomic mass is 35.5. The molecule has 0 spiro atoms. The van der Waals surface area contributed by atoms with Gasteiger partial charge in [0.25, 0.3) is 0 Å². The van der Waals surface area contributed by atoms with Gasteiger partial charge in [-0.15, -0.1) is 0 Å². The Balaban J connectivity index is 2.60. The summed E-state index contributed by atoms with van der Waals surface area (Å²) in [5.41, 5.74) is 5.08. The van der Waals surface area contributed by atoms with Crippen LogP contribution in [0.3, 0.4) is 0 Å². The number of likely N-dealkylation sites (N-methyl/N-ethyl adjacent to an activating group) is 1. The van der Waals surface area contributed by atoms with E-state index >= 15 is 0 Å². The van der Waals surface area contributed by atoms with E-state index in [1.54, 1.807) is 0 Å². The first kappa shape index (κ1) is 14.4. The fourth-order valence-corrected chi connectivity index (χ4v) is 3.27. The Morgan fingerprint density at radius 1 is 1.32 bits per heavy atom. The molecule has 0 saturated carbocycles. The second-order valence-electron chi connectivity index (χ2n) is 5.72. The molecule has 104 valence electrons. The van der Waals surface area contributed by atoms with E-state index in [-0.39, 0.29) is 5.54 Å². The lowest BCUT2D eigenvalue weighted by molar-refractivity contribution is 0.566. The van der Waals surface area contributed by atoms with Crippen molar-refractivity contribution >= 4 is 22.9 Å². The molecule has 19 heavy (non-hydrogen) atoms. The van der Waals surface area contributed by atoms with Crippen molar-refractivity contribution in [2.75, 3.05) is 18.5 Å². The van der Waals surface area contributed by atoms with Gasteiger partial charge < -0.3 is 10.2 Å². The van der Waals surface area contributed by atoms with E-state index in [9.17, 15) is 0 Å². The summed E-state index contributed by atoms with van der Waals surface area (Å²) in [6, 6.07) is 4.34. The molecule has 2 nitrogen and oxygen atoms in total. The molecule has 0 saturated heterocycles. The topological polar surface area (TPSA) is 15.3 Å². The predicted molar refractivity (Wildman–Crippen MR) is 85.0 cm³/mol. The van der Waals surface area contributed by atoms with Gasteiger partial charge in [0.2, 0.25) is 0 Å². The molecule has 1 aliphatic heterocycles. The summed E-state index contributed by atoms with van der Waals surface area (Å²) in [4.78, 5) is 2.41. The summed E-state index contributed by atoms with van der Waals surface area (Å²) in [5, 5.41) is 4.01. The number of hydrogen-bond acceptors (Lipinski definition) is 2. The third-order valence-corrected chi connectivity index (χ3v) is 4.18. The first-order valence-corrected chi connectivity index (χ1v) is 7.23. The van der Waals surface area contributed by atoms with Crippen LogP contribution in [0.15, 0.2) is 18.2 Å². The first-order chi connectivity index (χ1) is 8.90. The Morgan fingerprint density at radius 3 is 2.58 bits per heavy atom. The van der Waals surface area contributed by atoms with E-state index in [1.807, 2.05) is 7.05 Å². The fraction of sp³-hybridized carbons (Fsp3) is 0.500. The molecule has 1 aromatic rings. The van der Waals surface area contributed by atoms with Crippen LogP contribution >= 0.6 is 11.6 Å². The maximum absolute atomic E-state index is 6.42. The third kappa shape index (κ3) is 2.52. The van der Waals surface area contributed by atoms with Crippen LogP contribution in [0.4, 0.5) is 5.69 Å². The van der Waals surface area contributed by atoms with Crippen molar-refractivity contribution in [2.24, 2.45) is 0 Å². The molecular formula is C16H23ClN2. The minimum absolute atomic E-state index is 0.0414. The zero-order valence-electron chi connectivity index (χ0n) is 12.5. The number of nitrogens with zero attached hydrogens (tertiary/aromatic N) is 1. The Morgan fingerprint density at radius 2 is 2.00 bits per heavy atom. The van der Waals surface area contributed by atoms with Crippen molar-refractivity contribution in [3.8, 4) is 0 Å². The van der Waals surface area contributed by atoms with Gasteiger partial charge in [-0.3, -0.25) is 0 Å². The monoisotopic (exact) mass is 278 g/mol.